The summed E-state index contributed by atoms with van der Waals surface area (Å²) in [4.78, 5) is 12.8. The second kappa shape index (κ2) is 6.32. The number of ketones is 1. The molecule has 108 valence electrons. The molecule has 0 spiro atoms. The maximum Gasteiger partial charge on any atom is 0.230 e. The van der Waals surface area contributed by atoms with Gasteiger partial charge in [0.2, 0.25) is 5.78 Å². The Balaban J connectivity index is 2.05. The van der Waals surface area contributed by atoms with Gasteiger partial charge in [-0.1, -0.05) is 55.2 Å². The molecule has 1 aromatic heterocycles. The first-order valence-electron chi connectivity index (χ1n) is 7.40. The van der Waals surface area contributed by atoms with Gasteiger partial charge in [0, 0.05) is 28.3 Å². The van der Waals surface area contributed by atoms with E-state index >= 15 is 0 Å². The van der Waals surface area contributed by atoms with Gasteiger partial charge in [-0.3, -0.25) is 4.79 Å². The van der Waals surface area contributed by atoms with Crippen molar-refractivity contribution in [1.29, 1.82) is 0 Å². The topological polar surface area (TPSA) is 30.2 Å². The Morgan fingerprint density at radius 3 is 2.73 bits per heavy atom. The quantitative estimate of drug-likeness (QED) is 0.511. The van der Waals surface area contributed by atoms with E-state index in [1.807, 2.05) is 42.5 Å². The lowest BCUT2D eigenvalue weighted by molar-refractivity contribution is 0.101. The minimum Gasteiger partial charge on any atom is -0.460 e. The van der Waals surface area contributed by atoms with E-state index in [1.54, 1.807) is 12.3 Å². The van der Waals surface area contributed by atoms with Crippen molar-refractivity contribution in [2.24, 2.45) is 0 Å². The maximum absolute atomic E-state index is 12.8. The van der Waals surface area contributed by atoms with Gasteiger partial charge in [0.15, 0.2) is 5.76 Å². The third-order valence-electron chi connectivity index (χ3n) is 3.49. The molecule has 2 heteroatoms. The van der Waals surface area contributed by atoms with Crippen molar-refractivity contribution in [2.75, 3.05) is 0 Å². The lowest BCUT2D eigenvalue weighted by Crippen LogP contribution is -2.03. The van der Waals surface area contributed by atoms with E-state index in [4.69, 9.17) is 4.42 Å². The lowest BCUT2D eigenvalue weighted by atomic mass is 10.0. The van der Waals surface area contributed by atoms with Crippen LogP contribution in [0.15, 0.2) is 59.2 Å². The molecule has 1 heterocycles. The van der Waals surface area contributed by atoms with Gasteiger partial charge in [-0.05, 0) is 18.6 Å². The van der Waals surface area contributed by atoms with Crippen molar-refractivity contribution < 1.29 is 9.21 Å². The van der Waals surface area contributed by atoms with Crippen LogP contribution in [-0.2, 0) is 0 Å². The average molecular weight is 288 g/mol. The zero-order chi connectivity index (χ0) is 15.4. The summed E-state index contributed by atoms with van der Waals surface area (Å²) >= 11 is 0. The molecular formula is C20H16O2. The van der Waals surface area contributed by atoms with Gasteiger partial charge in [-0.25, -0.2) is 0 Å². The van der Waals surface area contributed by atoms with Gasteiger partial charge in [0.05, 0.1) is 6.26 Å². The molecule has 0 bridgehead atoms. The molecule has 2 nitrogen and oxygen atoms in total. The second-order valence-corrected chi connectivity index (χ2v) is 5.08. The smallest absolute Gasteiger partial charge is 0.230 e. The zero-order valence-electron chi connectivity index (χ0n) is 12.4. The maximum atomic E-state index is 12.8. The Hall–Kier alpha value is -2.79. The van der Waals surface area contributed by atoms with Gasteiger partial charge >= 0.3 is 0 Å². The average Bonchev–Trinajstić information content (AvgIpc) is 2.99. The van der Waals surface area contributed by atoms with E-state index in [2.05, 4.69) is 18.8 Å². The van der Waals surface area contributed by atoms with Gasteiger partial charge in [-0.15, -0.1) is 0 Å². The molecule has 22 heavy (non-hydrogen) atoms. The molecule has 3 aromatic rings. The molecule has 0 saturated heterocycles. The first-order chi connectivity index (χ1) is 10.8. The van der Waals surface area contributed by atoms with Crippen molar-refractivity contribution in [1.82, 2.24) is 0 Å². The van der Waals surface area contributed by atoms with Crippen LogP contribution < -0.4 is 0 Å². The van der Waals surface area contributed by atoms with Crippen LogP contribution in [0.1, 0.15) is 41.4 Å². The predicted octanol–water partition coefficient (Wildman–Crippen LogP) is 4.82. The van der Waals surface area contributed by atoms with Gasteiger partial charge < -0.3 is 4.42 Å². The molecular weight excluding hydrogens is 272 g/mol. The Morgan fingerprint density at radius 1 is 1.09 bits per heavy atom. The van der Waals surface area contributed by atoms with Crippen LogP contribution in [0.4, 0.5) is 0 Å². The SMILES string of the molecule is CCCC#Cc1ccccc1C(=O)c1occ2ccccc12. The number of furan rings is 1. The summed E-state index contributed by atoms with van der Waals surface area (Å²) in [6.45, 7) is 2.08. The summed E-state index contributed by atoms with van der Waals surface area (Å²) in [7, 11) is 0. The summed E-state index contributed by atoms with van der Waals surface area (Å²) in [6, 6.07) is 15.1. The largest absolute Gasteiger partial charge is 0.460 e. The Labute approximate surface area is 129 Å². The Kier molecular flexibility index (Phi) is 4.07. The molecule has 3 rings (SSSR count). The molecule has 0 amide bonds. The first-order valence-corrected chi connectivity index (χ1v) is 7.40. The van der Waals surface area contributed by atoms with Crippen molar-refractivity contribution in [3.05, 3.63) is 71.7 Å². The highest BCUT2D eigenvalue weighted by Crippen LogP contribution is 2.24. The Bertz CT molecular complexity index is 875. The number of carbonyl (C=O) groups is 1. The van der Waals surface area contributed by atoms with Gasteiger partial charge in [-0.2, -0.15) is 0 Å². The zero-order valence-corrected chi connectivity index (χ0v) is 12.4. The van der Waals surface area contributed by atoms with E-state index in [0.717, 1.165) is 29.2 Å². The van der Waals surface area contributed by atoms with Crippen LogP contribution in [0, 0.1) is 11.8 Å². The van der Waals surface area contributed by atoms with Gasteiger partial charge in [0.1, 0.15) is 0 Å². The molecule has 0 aliphatic rings. The monoisotopic (exact) mass is 288 g/mol. The highest BCUT2D eigenvalue weighted by Gasteiger charge is 2.18. The highest BCUT2D eigenvalue weighted by atomic mass is 16.3. The van der Waals surface area contributed by atoms with Crippen molar-refractivity contribution >= 4 is 16.6 Å². The molecule has 0 aliphatic heterocycles. The number of hydrogen-bond acceptors (Lipinski definition) is 2. The molecule has 0 unspecified atom stereocenters. The van der Waals surface area contributed by atoms with Gasteiger partial charge in [0.25, 0.3) is 0 Å². The number of hydrogen-bond donors (Lipinski definition) is 0. The molecule has 0 N–H and O–H groups in total. The fourth-order valence-corrected chi connectivity index (χ4v) is 2.36. The molecule has 0 aliphatic carbocycles. The number of carbonyl (C=O) groups excluding carboxylic acids is 1. The van der Waals surface area contributed by atoms with Crippen molar-refractivity contribution in [3.8, 4) is 11.8 Å². The Morgan fingerprint density at radius 2 is 1.86 bits per heavy atom. The number of rotatable bonds is 3. The van der Waals surface area contributed by atoms with Crippen molar-refractivity contribution in [2.45, 2.75) is 19.8 Å². The third-order valence-corrected chi connectivity index (χ3v) is 3.49. The van der Waals surface area contributed by atoms with Crippen LogP contribution in [0.2, 0.25) is 0 Å². The molecule has 2 aromatic carbocycles. The number of fused-ring (bicyclic) bond motifs is 1. The van der Waals surface area contributed by atoms with Crippen LogP contribution >= 0.6 is 0 Å². The summed E-state index contributed by atoms with van der Waals surface area (Å²) in [5.74, 6) is 6.44. The molecule has 0 radical (unpaired) electrons. The van der Waals surface area contributed by atoms with Crippen LogP contribution in [-0.4, -0.2) is 5.78 Å². The van der Waals surface area contributed by atoms with Crippen LogP contribution in [0.3, 0.4) is 0 Å². The van der Waals surface area contributed by atoms with E-state index in [0.29, 0.717) is 11.3 Å². The minimum atomic E-state index is -0.123. The van der Waals surface area contributed by atoms with Crippen LogP contribution in [0.5, 0.6) is 0 Å². The summed E-state index contributed by atoms with van der Waals surface area (Å²) in [5.41, 5.74) is 1.34. The first kappa shape index (κ1) is 14.2. The van der Waals surface area contributed by atoms with E-state index in [9.17, 15) is 4.79 Å². The fraction of sp³-hybridized carbons (Fsp3) is 0.150. The fourth-order valence-electron chi connectivity index (χ4n) is 2.36. The standard InChI is InChI=1S/C20H16O2/c1-2-3-4-9-15-10-5-7-12-17(15)19(21)20-18-13-8-6-11-16(18)14-22-20/h5-8,10-14H,2-3H2,1H3. The van der Waals surface area contributed by atoms with E-state index in [1.165, 1.54) is 0 Å². The summed E-state index contributed by atoms with van der Waals surface area (Å²) in [6.07, 6.45) is 3.45. The highest BCUT2D eigenvalue weighted by molar-refractivity contribution is 6.15. The molecule has 0 fully saturated rings. The normalized spacial score (nSPS) is 10.2. The second-order valence-electron chi connectivity index (χ2n) is 5.08. The van der Waals surface area contributed by atoms with E-state index in [-0.39, 0.29) is 5.78 Å². The van der Waals surface area contributed by atoms with E-state index < -0.39 is 0 Å². The van der Waals surface area contributed by atoms with Crippen LogP contribution in [0.25, 0.3) is 10.8 Å². The molecule has 0 saturated carbocycles. The molecule has 0 atom stereocenters. The summed E-state index contributed by atoms with van der Waals surface area (Å²) in [5, 5.41) is 1.77. The lowest BCUT2D eigenvalue weighted by Gasteiger charge is -2.02. The summed E-state index contributed by atoms with van der Waals surface area (Å²) < 4.78 is 5.51. The predicted molar refractivity (Wildman–Crippen MR) is 87.9 cm³/mol. The third kappa shape index (κ3) is 2.66. The number of benzene rings is 2. The number of unbranched alkanes of at least 4 members (excludes halogenated alkanes) is 1. The minimum absolute atomic E-state index is 0.123. The van der Waals surface area contributed by atoms with Crippen molar-refractivity contribution in [3.63, 3.8) is 0 Å².